The van der Waals surface area contributed by atoms with Crippen LogP contribution in [0.5, 0.6) is 0 Å². The molecule has 0 saturated heterocycles. The van der Waals surface area contributed by atoms with Gasteiger partial charge < -0.3 is 0 Å². The molecule has 2 heterocycles. The Kier molecular flexibility index (Phi) is 4.40. The SMILES string of the molecule is Clc1nc(-c2ccccc2)c2sc(-c3ccccc3)c(-c3ccccc3)c2n1. The van der Waals surface area contributed by atoms with Crippen molar-refractivity contribution in [3.05, 3.63) is 96.3 Å². The summed E-state index contributed by atoms with van der Waals surface area (Å²) in [6, 6.07) is 30.9. The van der Waals surface area contributed by atoms with Crippen LogP contribution in [0.3, 0.4) is 0 Å². The molecule has 0 saturated carbocycles. The van der Waals surface area contributed by atoms with Crippen LogP contribution in [-0.4, -0.2) is 9.97 Å². The summed E-state index contributed by atoms with van der Waals surface area (Å²) in [4.78, 5) is 10.4. The van der Waals surface area contributed by atoms with Gasteiger partial charge in [-0.05, 0) is 22.7 Å². The van der Waals surface area contributed by atoms with Gasteiger partial charge in [-0.3, -0.25) is 0 Å². The van der Waals surface area contributed by atoms with Gasteiger partial charge in [-0.15, -0.1) is 11.3 Å². The lowest BCUT2D eigenvalue weighted by Gasteiger charge is -2.06. The third-order valence-corrected chi connectivity index (χ3v) is 6.06. The Hall–Kier alpha value is -3.01. The van der Waals surface area contributed by atoms with Crippen molar-refractivity contribution in [2.24, 2.45) is 0 Å². The lowest BCUT2D eigenvalue weighted by atomic mass is 10.0. The Morgan fingerprint density at radius 2 is 1.14 bits per heavy atom. The highest BCUT2D eigenvalue weighted by atomic mass is 35.5. The number of rotatable bonds is 3. The zero-order valence-corrected chi connectivity index (χ0v) is 16.4. The molecule has 0 N–H and O–H groups in total. The Morgan fingerprint density at radius 3 is 1.75 bits per heavy atom. The lowest BCUT2D eigenvalue weighted by Crippen LogP contribution is -1.89. The second-order valence-electron chi connectivity index (χ2n) is 6.42. The Bertz CT molecular complexity index is 1250. The van der Waals surface area contributed by atoms with Crippen LogP contribution in [-0.2, 0) is 0 Å². The van der Waals surface area contributed by atoms with Gasteiger partial charge in [-0.1, -0.05) is 91.0 Å². The van der Waals surface area contributed by atoms with Crippen molar-refractivity contribution in [1.82, 2.24) is 9.97 Å². The van der Waals surface area contributed by atoms with Crippen molar-refractivity contribution in [1.29, 1.82) is 0 Å². The first kappa shape index (κ1) is 17.1. The quantitative estimate of drug-likeness (QED) is 0.297. The van der Waals surface area contributed by atoms with E-state index in [1.54, 1.807) is 11.3 Å². The summed E-state index contributed by atoms with van der Waals surface area (Å²) < 4.78 is 1.05. The minimum Gasteiger partial charge on any atom is -0.216 e. The first-order chi connectivity index (χ1) is 13.8. The zero-order valence-electron chi connectivity index (χ0n) is 14.8. The first-order valence-corrected chi connectivity index (χ1v) is 10.2. The van der Waals surface area contributed by atoms with Gasteiger partial charge in [0.25, 0.3) is 0 Å². The maximum Gasteiger partial charge on any atom is 0.223 e. The summed E-state index contributed by atoms with van der Waals surface area (Å²) in [5, 5.41) is 0.265. The minimum atomic E-state index is 0.265. The number of hydrogen-bond acceptors (Lipinski definition) is 3. The van der Waals surface area contributed by atoms with Crippen molar-refractivity contribution >= 4 is 33.2 Å². The van der Waals surface area contributed by atoms with Crippen LogP contribution >= 0.6 is 22.9 Å². The number of fused-ring (bicyclic) bond motifs is 1. The van der Waals surface area contributed by atoms with Crippen LogP contribution < -0.4 is 0 Å². The largest absolute Gasteiger partial charge is 0.223 e. The summed E-state index contributed by atoms with van der Waals surface area (Å²) in [6.07, 6.45) is 0. The first-order valence-electron chi connectivity index (χ1n) is 8.97. The molecular weight excluding hydrogens is 384 g/mol. The number of benzene rings is 3. The van der Waals surface area contributed by atoms with E-state index in [2.05, 4.69) is 70.6 Å². The van der Waals surface area contributed by atoms with Gasteiger partial charge in [0.2, 0.25) is 5.28 Å². The molecule has 0 unspecified atom stereocenters. The van der Waals surface area contributed by atoms with E-state index in [4.69, 9.17) is 11.6 Å². The Labute approximate surface area is 172 Å². The molecule has 0 radical (unpaired) electrons. The van der Waals surface area contributed by atoms with Gasteiger partial charge in [-0.2, -0.15) is 0 Å². The number of halogens is 1. The van der Waals surface area contributed by atoms with Gasteiger partial charge in [0, 0.05) is 16.0 Å². The van der Waals surface area contributed by atoms with Crippen molar-refractivity contribution in [2.75, 3.05) is 0 Å². The standard InChI is InChI=1S/C24H15ClN2S/c25-24-26-20(17-12-6-2-7-13-17)23-21(27-24)19(16-10-4-1-5-11-16)22(28-23)18-14-8-3-9-15-18/h1-15H. The van der Waals surface area contributed by atoms with Crippen LogP contribution in [0, 0.1) is 0 Å². The normalized spacial score (nSPS) is 11.0. The van der Waals surface area contributed by atoms with E-state index >= 15 is 0 Å². The van der Waals surface area contributed by atoms with E-state index in [1.165, 1.54) is 10.4 Å². The third-order valence-electron chi connectivity index (χ3n) is 4.65. The van der Waals surface area contributed by atoms with Crippen LogP contribution in [0.15, 0.2) is 91.0 Å². The minimum absolute atomic E-state index is 0.265. The smallest absolute Gasteiger partial charge is 0.216 e. The van der Waals surface area contributed by atoms with Crippen LogP contribution in [0.2, 0.25) is 5.28 Å². The molecule has 2 aromatic heterocycles. The highest BCUT2D eigenvalue weighted by molar-refractivity contribution is 7.23. The van der Waals surface area contributed by atoms with Gasteiger partial charge >= 0.3 is 0 Å². The van der Waals surface area contributed by atoms with Gasteiger partial charge in [0.05, 0.1) is 15.9 Å². The Balaban J connectivity index is 1.89. The van der Waals surface area contributed by atoms with E-state index in [9.17, 15) is 0 Å². The molecule has 2 nitrogen and oxygen atoms in total. The van der Waals surface area contributed by atoms with Crippen molar-refractivity contribution in [3.8, 4) is 32.8 Å². The lowest BCUT2D eigenvalue weighted by molar-refractivity contribution is 1.23. The van der Waals surface area contributed by atoms with Crippen LogP contribution in [0.25, 0.3) is 43.0 Å². The molecule has 0 aliphatic carbocycles. The summed E-state index contributed by atoms with van der Waals surface area (Å²) in [5.41, 5.74) is 6.21. The number of hydrogen-bond donors (Lipinski definition) is 0. The predicted octanol–water partition coefficient (Wildman–Crippen LogP) is 7.35. The molecule has 5 aromatic rings. The molecule has 0 amide bonds. The van der Waals surface area contributed by atoms with E-state index in [0.717, 1.165) is 32.6 Å². The highest BCUT2D eigenvalue weighted by Crippen LogP contribution is 2.46. The molecule has 28 heavy (non-hydrogen) atoms. The zero-order chi connectivity index (χ0) is 18.9. The molecule has 0 spiro atoms. The monoisotopic (exact) mass is 398 g/mol. The van der Waals surface area contributed by atoms with Gasteiger partial charge in [0.1, 0.15) is 0 Å². The molecule has 4 heteroatoms. The van der Waals surface area contributed by atoms with E-state index < -0.39 is 0 Å². The molecule has 134 valence electrons. The topological polar surface area (TPSA) is 25.8 Å². The van der Waals surface area contributed by atoms with E-state index in [-0.39, 0.29) is 5.28 Å². The summed E-state index contributed by atoms with van der Waals surface area (Å²) in [5.74, 6) is 0. The second kappa shape index (κ2) is 7.19. The molecule has 0 atom stereocenters. The molecule has 0 aliphatic heterocycles. The van der Waals surface area contributed by atoms with Gasteiger partial charge in [0.15, 0.2) is 0 Å². The Morgan fingerprint density at radius 1 is 0.607 bits per heavy atom. The molecule has 5 rings (SSSR count). The predicted molar refractivity (Wildman–Crippen MR) is 119 cm³/mol. The second-order valence-corrected chi connectivity index (χ2v) is 7.78. The molecule has 0 fully saturated rings. The molecule has 3 aromatic carbocycles. The molecule has 0 aliphatic rings. The highest BCUT2D eigenvalue weighted by Gasteiger charge is 2.21. The number of thiophene rings is 1. The van der Waals surface area contributed by atoms with Crippen LogP contribution in [0.4, 0.5) is 0 Å². The van der Waals surface area contributed by atoms with Crippen LogP contribution in [0.1, 0.15) is 0 Å². The fourth-order valence-electron chi connectivity index (χ4n) is 3.41. The fraction of sp³-hybridized carbons (Fsp3) is 0. The number of nitrogens with zero attached hydrogens (tertiary/aromatic N) is 2. The summed E-state index contributed by atoms with van der Waals surface area (Å²) in [6.45, 7) is 0. The molecular formula is C24H15ClN2S. The fourth-order valence-corrected chi connectivity index (χ4v) is 4.86. The van der Waals surface area contributed by atoms with Crippen molar-refractivity contribution in [2.45, 2.75) is 0 Å². The van der Waals surface area contributed by atoms with E-state index in [1.807, 2.05) is 30.3 Å². The third kappa shape index (κ3) is 2.99. The number of aromatic nitrogens is 2. The van der Waals surface area contributed by atoms with Gasteiger partial charge in [-0.25, -0.2) is 9.97 Å². The maximum absolute atomic E-state index is 6.37. The average molecular weight is 399 g/mol. The van der Waals surface area contributed by atoms with Crippen molar-refractivity contribution < 1.29 is 0 Å². The van der Waals surface area contributed by atoms with Crippen molar-refractivity contribution in [3.63, 3.8) is 0 Å². The summed E-state index contributed by atoms with van der Waals surface area (Å²) in [7, 11) is 0. The maximum atomic E-state index is 6.37. The summed E-state index contributed by atoms with van der Waals surface area (Å²) >= 11 is 8.09. The van der Waals surface area contributed by atoms with E-state index in [0.29, 0.717) is 0 Å². The molecule has 0 bridgehead atoms. The average Bonchev–Trinajstić information content (AvgIpc) is 3.14.